The van der Waals surface area contributed by atoms with Crippen molar-refractivity contribution >= 4 is 28.8 Å². The van der Waals surface area contributed by atoms with Crippen molar-refractivity contribution < 1.29 is 19.1 Å². The second kappa shape index (κ2) is 4.27. The standard InChI is InChI=1S/C7H9NO4S/c1-12-6(10)3-7(11)13-5-2-4(9)8-5/h5H,2-3H2,1H3,(H,8,9)/t5-/m1/s1. The fourth-order valence-corrected chi connectivity index (χ4v) is 1.73. The smallest absolute Gasteiger partial charge is 0.313 e. The van der Waals surface area contributed by atoms with E-state index in [4.69, 9.17) is 0 Å². The molecule has 0 spiro atoms. The van der Waals surface area contributed by atoms with Crippen molar-refractivity contribution in [3.8, 4) is 0 Å². The molecule has 0 aliphatic carbocycles. The Morgan fingerprint density at radius 1 is 1.69 bits per heavy atom. The predicted molar refractivity (Wildman–Crippen MR) is 45.8 cm³/mol. The molecule has 1 aliphatic rings. The first kappa shape index (κ1) is 10.0. The fraction of sp³-hybridized carbons (Fsp3) is 0.571. The first-order valence-electron chi connectivity index (χ1n) is 3.67. The van der Waals surface area contributed by atoms with E-state index in [1.165, 1.54) is 7.11 Å². The zero-order valence-corrected chi connectivity index (χ0v) is 7.85. The average Bonchev–Trinajstić information content (AvgIpc) is 2.01. The number of rotatable bonds is 3. The Morgan fingerprint density at radius 2 is 2.31 bits per heavy atom. The first-order chi connectivity index (χ1) is 6.11. The number of thioether (sulfide) groups is 1. The lowest BCUT2D eigenvalue weighted by Gasteiger charge is -2.24. The molecule has 5 nitrogen and oxygen atoms in total. The van der Waals surface area contributed by atoms with Gasteiger partial charge in [0.05, 0.1) is 18.9 Å². The van der Waals surface area contributed by atoms with Gasteiger partial charge in [-0.1, -0.05) is 11.8 Å². The van der Waals surface area contributed by atoms with Gasteiger partial charge in [-0.15, -0.1) is 0 Å². The number of esters is 1. The summed E-state index contributed by atoms with van der Waals surface area (Å²) in [5.41, 5.74) is 0. The summed E-state index contributed by atoms with van der Waals surface area (Å²) in [6, 6.07) is 0. The van der Waals surface area contributed by atoms with E-state index < -0.39 is 5.97 Å². The topological polar surface area (TPSA) is 72.5 Å². The minimum Gasteiger partial charge on any atom is -0.469 e. The van der Waals surface area contributed by atoms with Crippen molar-refractivity contribution in [3.63, 3.8) is 0 Å². The largest absolute Gasteiger partial charge is 0.469 e. The zero-order valence-electron chi connectivity index (χ0n) is 7.03. The summed E-state index contributed by atoms with van der Waals surface area (Å²) in [7, 11) is 1.23. The van der Waals surface area contributed by atoms with Crippen LogP contribution < -0.4 is 5.32 Å². The van der Waals surface area contributed by atoms with E-state index in [9.17, 15) is 14.4 Å². The number of nitrogens with one attached hydrogen (secondary N) is 1. The molecule has 1 N–H and O–H groups in total. The maximum atomic E-state index is 11.0. The molecule has 1 amide bonds. The molecule has 72 valence electrons. The Kier molecular flexibility index (Phi) is 3.30. The molecule has 1 aliphatic heterocycles. The predicted octanol–water partition coefficient (Wildman–Crippen LogP) is -0.345. The third-order valence-electron chi connectivity index (χ3n) is 1.48. The molecule has 0 radical (unpaired) electrons. The molecule has 1 rings (SSSR count). The average molecular weight is 203 g/mol. The zero-order chi connectivity index (χ0) is 9.84. The number of carbonyl (C=O) groups excluding carboxylic acids is 3. The molecule has 1 saturated heterocycles. The molecule has 0 aromatic carbocycles. The van der Waals surface area contributed by atoms with Gasteiger partial charge in [0.1, 0.15) is 6.42 Å². The van der Waals surface area contributed by atoms with Crippen LogP contribution in [0.15, 0.2) is 0 Å². The summed E-state index contributed by atoms with van der Waals surface area (Å²) in [6.45, 7) is 0. The van der Waals surface area contributed by atoms with Crippen LogP contribution >= 0.6 is 11.8 Å². The van der Waals surface area contributed by atoms with Crippen LogP contribution in [0.5, 0.6) is 0 Å². The van der Waals surface area contributed by atoms with Gasteiger partial charge in [-0.3, -0.25) is 14.4 Å². The lowest BCUT2D eigenvalue weighted by atomic mass is 10.3. The molecular formula is C7H9NO4S. The molecule has 13 heavy (non-hydrogen) atoms. The van der Waals surface area contributed by atoms with Gasteiger partial charge in [-0.2, -0.15) is 0 Å². The highest BCUT2D eigenvalue weighted by Gasteiger charge is 2.28. The van der Waals surface area contributed by atoms with Crippen molar-refractivity contribution in [2.75, 3.05) is 7.11 Å². The summed E-state index contributed by atoms with van der Waals surface area (Å²) < 4.78 is 4.31. The lowest BCUT2D eigenvalue weighted by molar-refractivity contribution is -0.142. The van der Waals surface area contributed by atoms with Gasteiger partial charge in [0.15, 0.2) is 0 Å². The van der Waals surface area contributed by atoms with E-state index >= 15 is 0 Å². The molecule has 6 heteroatoms. The van der Waals surface area contributed by atoms with Crippen LogP contribution in [0.4, 0.5) is 0 Å². The van der Waals surface area contributed by atoms with Crippen molar-refractivity contribution in [3.05, 3.63) is 0 Å². The van der Waals surface area contributed by atoms with E-state index in [0.717, 1.165) is 11.8 Å². The van der Waals surface area contributed by atoms with Crippen LogP contribution in [0.25, 0.3) is 0 Å². The maximum Gasteiger partial charge on any atom is 0.313 e. The second-order valence-electron chi connectivity index (χ2n) is 2.50. The first-order valence-corrected chi connectivity index (χ1v) is 4.55. The normalized spacial score (nSPS) is 20.1. The van der Waals surface area contributed by atoms with Gasteiger partial charge in [0.2, 0.25) is 11.0 Å². The van der Waals surface area contributed by atoms with Gasteiger partial charge < -0.3 is 10.1 Å². The van der Waals surface area contributed by atoms with E-state index in [1.54, 1.807) is 0 Å². The summed E-state index contributed by atoms with van der Waals surface area (Å²) in [4.78, 5) is 32.1. The van der Waals surface area contributed by atoms with Crippen LogP contribution in [0.1, 0.15) is 12.8 Å². The van der Waals surface area contributed by atoms with Crippen molar-refractivity contribution in [1.82, 2.24) is 5.32 Å². The number of hydrogen-bond acceptors (Lipinski definition) is 5. The molecule has 0 aromatic heterocycles. The van der Waals surface area contributed by atoms with Crippen LogP contribution in [-0.2, 0) is 19.1 Å². The number of hydrogen-bond donors (Lipinski definition) is 1. The lowest BCUT2D eigenvalue weighted by Crippen LogP contribution is -2.46. The minimum absolute atomic E-state index is 0.0663. The van der Waals surface area contributed by atoms with Crippen LogP contribution in [0, 0.1) is 0 Å². The van der Waals surface area contributed by atoms with Gasteiger partial charge >= 0.3 is 5.97 Å². The van der Waals surface area contributed by atoms with Gasteiger partial charge in [0, 0.05) is 0 Å². The highest BCUT2D eigenvalue weighted by molar-refractivity contribution is 8.14. The number of methoxy groups -OCH3 is 1. The molecule has 0 saturated carbocycles. The SMILES string of the molecule is COC(=O)CC(=O)S[C@@H]1CC(=O)N1. The number of ether oxygens (including phenoxy) is 1. The Balaban J connectivity index is 2.18. The Hall–Kier alpha value is -1.04. The van der Waals surface area contributed by atoms with E-state index in [2.05, 4.69) is 10.1 Å². The molecule has 1 heterocycles. The maximum absolute atomic E-state index is 11.0. The molecule has 1 atom stereocenters. The molecule has 0 bridgehead atoms. The Morgan fingerprint density at radius 3 is 2.77 bits per heavy atom. The quantitative estimate of drug-likeness (QED) is 0.386. The van der Waals surface area contributed by atoms with Gasteiger partial charge in [-0.25, -0.2) is 0 Å². The Labute approximate surface area is 79.2 Å². The van der Waals surface area contributed by atoms with E-state index in [0.29, 0.717) is 6.42 Å². The summed E-state index contributed by atoms with van der Waals surface area (Å²) >= 11 is 0.962. The summed E-state index contributed by atoms with van der Waals surface area (Å²) in [5.74, 6) is -0.619. The minimum atomic E-state index is -0.553. The number of carbonyl (C=O) groups is 3. The summed E-state index contributed by atoms with van der Waals surface area (Å²) in [5, 5.41) is 2.07. The highest BCUT2D eigenvalue weighted by Crippen LogP contribution is 2.20. The summed E-state index contributed by atoms with van der Waals surface area (Å²) in [6.07, 6.45) is 0.102. The molecule has 0 unspecified atom stereocenters. The van der Waals surface area contributed by atoms with E-state index in [-0.39, 0.29) is 22.8 Å². The highest BCUT2D eigenvalue weighted by atomic mass is 32.2. The number of amides is 1. The molecular weight excluding hydrogens is 194 g/mol. The fourth-order valence-electron chi connectivity index (χ4n) is 0.788. The third kappa shape index (κ3) is 3.06. The van der Waals surface area contributed by atoms with Crippen molar-refractivity contribution in [2.24, 2.45) is 0 Å². The Bertz CT molecular complexity index is 245. The second-order valence-corrected chi connectivity index (χ2v) is 3.76. The monoisotopic (exact) mass is 203 g/mol. The van der Waals surface area contributed by atoms with Crippen LogP contribution in [0.3, 0.4) is 0 Å². The van der Waals surface area contributed by atoms with Crippen LogP contribution in [-0.4, -0.2) is 29.5 Å². The van der Waals surface area contributed by atoms with E-state index in [1.807, 2.05) is 0 Å². The molecule has 1 fully saturated rings. The van der Waals surface area contributed by atoms with Gasteiger partial charge in [-0.05, 0) is 0 Å². The van der Waals surface area contributed by atoms with Crippen LogP contribution in [0.2, 0.25) is 0 Å². The van der Waals surface area contributed by atoms with Gasteiger partial charge in [0.25, 0.3) is 0 Å². The molecule has 0 aromatic rings. The third-order valence-corrected chi connectivity index (χ3v) is 2.46. The number of β-lactam (4-membered cyclic amide) rings is 1. The van der Waals surface area contributed by atoms with Crippen molar-refractivity contribution in [1.29, 1.82) is 0 Å². The van der Waals surface area contributed by atoms with Crippen molar-refractivity contribution in [2.45, 2.75) is 18.2 Å².